The molecule has 30 heavy (non-hydrogen) atoms. The van der Waals surface area contributed by atoms with Crippen molar-refractivity contribution in [1.29, 1.82) is 0 Å². The van der Waals surface area contributed by atoms with Crippen molar-refractivity contribution in [3.8, 4) is 0 Å². The summed E-state index contributed by atoms with van der Waals surface area (Å²) in [5.74, 6) is -0.467. The van der Waals surface area contributed by atoms with Crippen LogP contribution in [0.5, 0.6) is 0 Å². The molecule has 170 valence electrons. The second-order valence-electron chi connectivity index (χ2n) is 10.2. The van der Waals surface area contributed by atoms with Crippen LogP contribution in [0.2, 0.25) is 0 Å². The number of hydrogen-bond donors (Lipinski definition) is 1. The number of carbonyl (C=O) groups is 3. The predicted octanol–water partition coefficient (Wildman–Crippen LogP) is 4.68. The summed E-state index contributed by atoms with van der Waals surface area (Å²) in [6.07, 6.45) is 10.4. The lowest BCUT2D eigenvalue weighted by Gasteiger charge is -2.36. The van der Waals surface area contributed by atoms with E-state index in [2.05, 4.69) is 12.2 Å². The number of aliphatic hydroxyl groups excluding tert-OH is 1. The topological polar surface area (TPSA) is 80.7 Å². The molecule has 0 heterocycles. The summed E-state index contributed by atoms with van der Waals surface area (Å²) in [7, 11) is 0. The lowest BCUT2D eigenvalue weighted by molar-refractivity contribution is -0.155. The summed E-state index contributed by atoms with van der Waals surface area (Å²) in [5, 5.41) is 8.82. The Morgan fingerprint density at radius 2 is 1.33 bits per heavy atom. The second kappa shape index (κ2) is 9.59. The fourth-order valence-corrected chi connectivity index (χ4v) is 3.80. The van der Waals surface area contributed by atoms with Crippen LogP contribution in [0.1, 0.15) is 74.7 Å². The van der Waals surface area contributed by atoms with Crippen molar-refractivity contribution in [2.75, 3.05) is 13.2 Å². The first kappa shape index (κ1) is 26.3. The van der Waals surface area contributed by atoms with Gasteiger partial charge in [-0.2, -0.15) is 0 Å². The van der Waals surface area contributed by atoms with Crippen LogP contribution in [-0.4, -0.2) is 35.9 Å². The average molecular weight is 421 g/mol. The molecule has 5 nitrogen and oxygen atoms in total. The van der Waals surface area contributed by atoms with Crippen LogP contribution in [0.15, 0.2) is 24.3 Å². The van der Waals surface area contributed by atoms with Gasteiger partial charge in [-0.15, -0.1) is 0 Å². The molecule has 3 atom stereocenters. The fourth-order valence-electron chi connectivity index (χ4n) is 3.80. The van der Waals surface area contributed by atoms with E-state index < -0.39 is 10.8 Å². The van der Waals surface area contributed by atoms with Gasteiger partial charge in [-0.1, -0.05) is 79.7 Å². The van der Waals surface area contributed by atoms with Gasteiger partial charge < -0.3 is 9.84 Å². The predicted molar refractivity (Wildman–Crippen MR) is 119 cm³/mol. The van der Waals surface area contributed by atoms with E-state index >= 15 is 0 Å². The van der Waals surface area contributed by atoms with Crippen molar-refractivity contribution in [2.24, 2.45) is 27.6 Å². The van der Waals surface area contributed by atoms with Gasteiger partial charge in [0.05, 0.1) is 5.92 Å². The zero-order valence-electron chi connectivity index (χ0n) is 20.0. The van der Waals surface area contributed by atoms with E-state index in [4.69, 9.17) is 9.84 Å². The fraction of sp³-hybridized carbons (Fsp3) is 0.720. The van der Waals surface area contributed by atoms with Crippen LogP contribution in [0.25, 0.3) is 0 Å². The highest BCUT2D eigenvalue weighted by atomic mass is 16.5. The average Bonchev–Trinajstić information content (AvgIpc) is 3.13. The number of aliphatic hydroxyl groups is 1. The summed E-state index contributed by atoms with van der Waals surface area (Å²) in [6, 6.07) is 0. The lowest BCUT2D eigenvalue weighted by Crippen LogP contribution is -2.40. The largest absolute Gasteiger partial charge is 0.457 e. The van der Waals surface area contributed by atoms with Crippen molar-refractivity contribution in [1.82, 2.24) is 0 Å². The first-order valence-corrected chi connectivity index (χ1v) is 10.9. The molecule has 0 aromatic carbocycles. The van der Waals surface area contributed by atoms with Crippen molar-refractivity contribution >= 4 is 17.5 Å². The van der Waals surface area contributed by atoms with Crippen LogP contribution in [0, 0.1) is 27.6 Å². The Labute approximate surface area is 182 Å². The van der Waals surface area contributed by atoms with Crippen molar-refractivity contribution in [2.45, 2.75) is 74.7 Å². The molecule has 0 amide bonds. The van der Waals surface area contributed by atoms with Crippen LogP contribution in [-0.2, 0) is 19.1 Å². The van der Waals surface area contributed by atoms with Crippen molar-refractivity contribution < 1.29 is 24.2 Å². The smallest absolute Gasteiger partial charge is 0.309 e. The van der Waals surface area contributed by atoms with Crippen LogP contribution in [0.3, 0.4) is 0 Å². The monoisotopic (exact) mass is 420 g/mol. The standard InChI is InChI=1S/C15H24O3.C10H16O2/c1-6-11(2)13(17)18-10-12(16)15(5)9-7-8-14(15,3)4;1-9(2)5-4-6-10(9,3)8(12)7-11/h7-8,11H,6,9-10H2,1-5H3;4-5,11H,6-7H2,1-3H3/t11-,15-;10-/m11/s1. The third-order valence-corrected chi connectivity index (χ3v) is 7.70. The van der Waals surface area contributed by atoms with E-state index in [9.17, 15) is 14.4 Å². The Kier molecular flexibility index (Phi) is 8.40. The van der Waals surface area contributed by atoms with Gasteiger partial charge in [-0.25, -0.2) is 0 Å². The number of ketones is 2. The zero-order chi connectivity index (χ0) is 23.4. The summed E-state index contributed by atoms with van der Waals surface area (Å²) < 4.78 is 5.11. The maximum Gasteiger partial charge on any atom is 0.309 e. The van der Waals surface area contributed by atoms with E-state index in [1.807, 2.05) is 67.5 Å². The Morgan fingerprint density at radius 1 is 0.900 bits per heavy atom. The number of esters is 1. The molecule has 0 fully saturated rings. The number of ether oxygens (including phenoxy) is 1. The molecule has 0 saturated carbocycles. The third-order valence-electron chi connectivity index (χ3n) is 7.70. The third kappa shape index (κ3) is 5.11. The SMILES string of the molecule is CC1(C)C=CC[C@]1(C)C(=O)CO.CC[C@@H](C)C(=O)OCC(=O)[C@@]1(C)CC=CC1(C)C. The highest BCUT2D eigenvalue weighted by Crippen LogP contribution is 2.49. The summed E-state index contributed by atoms with van der Waals surface area (Å²) in [5.41, 5.74) is -1.15. The number of allylic oxidation sites excluding steroid dienone is 4. The molecule has 2 rings (SSSR count). The van der Waals surface area contributed by atoms with Gasteiger partial charge in [0.25, 0.3) is 0 Å². The quantitative estimate of drug-likeness (QED) is 0.478. The van der Waals surface area contributed by atoms with E-state index in [0.29, 0.717) is 0 Å². The van der Waals surface area contributed by atoms with Crippen molar-refractivity contribution in [3.63, 3.8) is 0 Å². The molecular weight excluding hydrogens is 380 g/mol. The maximum absolute atomic E-state index is 12.3. The molecule has 0 aliphatic heterocycles. The van der Waals surface area contributed by atoms with Crippen LogP contribution >= 0.6 is 0 Å². The van der Waals surface area contributed by atoms with Gasteiger partial charge in [-0.05, 0) is 30.1 Å². The number of carbonyl (C=O) groups excluding carboxylic acids is 3. The molecule has 0 unspecified atom stereocenters. The molecular formula is C25H40O5. The number of hydrogen-bond acceptors (Lipinski definition) is 5. The zero-order valence-corrected chi connectivity index (χ0v) is 20.0. The van der Waals surface area contributed by atoms with Gasteiger partial charge in [0.2, 0.25) is 0 Å². The van der Waals surface area contributed by atoms with Gasteiger partial charge in [0, 0.05) is 10.8 Å². The van der Waals surface area contributed by atoms with Gasteiger partial charge in [-0.3, -0.25) is 14.4 Å². The van der Waals surface area contributed by atoms with Gasteiger partial charge in [0.1, 0.15) is 6.61 Å². The summed E-state index contributed by atoms with van der Waals surface area (Å²) in [4.78, 5) is 35.3. The van der Waals surface area contributed by atoms with E-state index in [-0.39, 0.29) is 47.5 Å². The molecule has 0 aromatic heterocycles. The first-order valence-electron chi connectivity index (χ1n) is 10.9. The first-order chi connectivity index (χ1) is 13.7. The highest BCUT2D eigenvalue weighted by molar-refractivity contribution is 5.89. The highest BCUT2D eigenvalue weighted by Gasteiger charge is 2.48. The molecule has 2 aliphatic carbocycles. The van der Waals surface area contributed by atoms with Crippen LogP contribution < -0.4 is 0 Å². The second-order valence-corrected chi connectivity index (χ2v) is 10.2. The molecule has 0 bridgehead atoms. The Hall–Kier alpha value is -1.75. The van der Waals surface area contributed by atoms with Gasteiger partial charge in [0.15, 0.2) is 18.2 Å². The van der Waals surface area contributed by atoms with E-state index in [0.717, 1.165) is 19.3 Å². The summed E-state index contributed by atoms with van der Waals surface area (Å²) in [6.45, 7) is 15.3. The Balaban J connectivity index is 0.000000325. The number of Topliss-reactive ketones (excluding diaryl/α,β-unsaturated/α-hetero) is 2. The molecule has 1 N–H and O–H groups in total. The minimum Gasteiger partial charge on any atom is -0.457 e. The molecule has 0 radical (unpaired) electrons. The lowest BCUT2D eigenvalue weighted by atomic mass is 9.66. The summed E-state index contributed by atoms with van der Waals surface area (Å²) >= 11 is 0. The molecule has 2 aliphatic rings. The minimum absolute atomic E-state index is 0.00848. The van der Waals surface area contributed by atoms with E-state index in [1.54, 1.807) is 0 Å². The van der Waals surface area contributed by atoms with Crippen molar-refractivity contribution in [3.05, 3.63) is 24.3 Å². The van der Waals surface area contributed by atoms with Crippen LogP contribution in [0.4, 0.5) is 0 Å². The normalized spacial score (nSPS) is 29.1. The molecule has 0 spiro atoms. The molecule has 0 aromatic rings. The number of rotatable bonds is 7. The molecule has 0 saturated heterocycles. The Bertz CT molecular complexity index is 715. The maximum atomic E-state index is 12.3. The minimum atomic E-state index is -0.456. The Morgan fingerprint density at radius 3 is 1.67 bits per heavy atom. The van der Waals surface area contributed by atoms with Gasteiger partial charge >= 0.3 is 5.97 Å². The van der Waals surface area contributed by atoms with E-state index in [1.165, 1.54) is 0 Å². The molecule has 5 heteroatoms.